The van der Waals surface area contributed by atoms with Crippen LogP contribution in [0.25, 0.3) is 0 Å². The number of para-hydroxylation sites is 1. The minimum Gasteiger partial charge on any atom is -0.394 e. The summed E-state index contributed by atoms with van der Waals surface area (Å²) in [6, 6.07) is 10.6. The third-order valence-electron chi connectivity index (χ3n) is 2.83. The molecule has 2 heteroatoms. The van der Waals surface area contributed by atoms with Crippen molar-refractivity contribution < 1.29 is 5.11 Å². The van der Waals surface area contributed by atoms with Gasteiger partial charge in [-0.3, -0.25) is 0 Å². The Labute approximate surface area is 98.9 Å². The standard InChI is InChI=1S/C14H23NO/c1-3-8-14(12-16)15(11-4-2)13-9-6-5-7-10-13/h5-7,9-10,14,16H,3-4,8,11-12H2,1-2H3. The van der Waals surface area contributed by atoms with E-state index in [1.807, 2.05) is 6.07 Å². The van der Waals surface area contributed by atoms with Crippen molar-refractivity contribution in [1.29, 1.82) is 0 Å². The summed E-state index contributed by atoms with van der Waals surface area (Å²) in [4.78, 5) is 2.32. The van der Waals surface area contributed by atoms with E-state index in [0.29, 0.717) is 0 Å². The van der Waals surface area contributed by atoms with Crippen LogP contribution in [0.1, 0.15) is 33.1 Å². The van der Waals surface area contributed by atoms with E-state index in [2.05, 4.69) is 43.0 Å². The predicted molar refractivity (Wildman–Crippen MR) is 69.9 cm³/mol. The summed E-state index contributed by atoms with van der Waals surface area (Å²) in [5.74, 6) is 0. The van der Waals surface area contributed by atoms with E-state index in [9.17, 15) is 5.11 Å². The molecule has 0 saturated carbocycles. The summed E-state index contributed by atoms with van der Waals surface area (Å²) in [5.41, 5.74) is 1.22. The Morgan fingerprint density at radius 2 is 1.81 bits per heavy atom. The molecule has 1 N–H and O–H groups in total. The number of benzene rings is 1. The molecule has 1 atom stereocenters. The Kier molecular flexibility index (Phi) is 5.94. The van der Waals surface area contributed by atoms with Crippen LogP contribution in [-0.4, -0.2) is 24.3 Å². The molecule has 90 valence electrons. The van der Waals surface area contributed by atoms with Gasteiger partial charge in [0.15, 0.2) is 0 Å². The molecule has 1 unspecified atom stereocenters. The maximum Gasteiger partial charge on any atom is 0.0635 e. The average Bonchev–Trinajstić information content (AvgIpc) is 2.35. The summed E-state index contributed by atoms with van der Waals surface area (Å²) in [7, 11) is 0. The first kappa shape index (κ1) is 13.0. The van der Waals surface area contributed by atoms with E-state index < -0.39 is 0 Å². The SMILES string of the molecule is CCCC(CO)N(CCC)c1ccccc1. The number of rotatable bonds is 7. The summed E-state index contributed by atoms with van der Waals surface area (Å²) < 4.78 is 0. The summed E-state index contributed by atoms with van der Waals surface area (Å²) in [6.45, 7) is 5.59. The minimum absolute atomic E-state index is 0.239. The number of anilines is 1. The second-order valence-electron chi connectivity index (χ2n) is 4.15. The highest BCUT2D eigenvalue weighted by molar-refractivity contribution is 5.47. The Morgan fingerprint density at radius 3 is 2.31 bits per heavy atom. The zero-order chi connectivity index (χ0) is 11.8. The second kappa shape index (κ2) is 7.29. The van der Waals surface area contributed by atoms with Crippen LogP contribution in [0.3, 0.4) is 0 Å². The fourth-order valence-corrected chi connectivity index (χ4v) is 2.06. The van der Waals surface area contributed by atoms with Gasteiger partial charge in [-0.05, 0) is 25.0 Å². The second-order valence-corrected chi connectivity index (χ2v) is 4.15. The number of hydrogen-bond acceptors (Lipinski definition) is 2. The largest absolute Gasteiger partial charge is 0.394 e. The molecule has 0 saturated heterocycles. The maximum atomic E-state index is 9.47. The van der Waals surface area contributed by atoms with Gasteiger partial charge in [0.05, 0.1) is 12.6 Å². The van der Waals surface area contributed by atoms with Crippen LogP contribution in [0, 0.1) is 0 Å². The monoisotopic (exact) mass is 221 g/mol. The third-order valence-corrected chi connectivity index (χ3v) is 2.83. The Morgan fingerprint density at radius 1 is 1.12 bits per heavy atom. The summed E-state index contributed by atoms with van der Waals surface area (Å²) in [6.07, 6.45) is 3.26. The molecule has 1 aromatic carbocycles. The molecule has 1 aromatic rings. The predicted octanol–water partition coefficient (Wildman–Crippen LogP) is 3.06. The number of hydrogen-bond donors (Lipinski definition) is 1. The smallest absolute Gasteiger partial charge is 0.0635 e. The highest BCUT2D eigenvalue weighted by Gasteiger charge is 2.16. The van der Waals surface area contributed by atoms with Gasteiger partial charge in [-0.2, -0.15) is 0 Å². The van der Waals surface area contributed by atoms with Crippen molar-refractivity contribution >= 4 is 5.69 Å². The normalized spacial score (nSPS) is 12.4. The van der Waals surface area contributed by atoms with Crippen molar-refractivity contribution in [3.8, 4) is 0 Å². The molecular formula is C14H23NO. The lowest BCUT2D eigenvalue weighted by Crippen LogP contribution is -2.38. The van der Waals surface area contributed by atoms with Crippen LogP contribution in [0.2, 0.25) is 0 Å². The minimum atomic E-state index is 0.239. The van der Waals surface area contributed by atoms with E-state index in [0.717, 1.165) is 25.8 Å². The molecule has 0 bridgehead atoms. The van der Waals surface area contributed by atoms with Crippen molar-refractivity contribution in [1.82, 2.24) is 0 Å². The zero-order valence-corrected chi connectivity index (χ0v) is 10.4. The van der Waals surface area contributed by atoms with Gasteiger partial charge in [-0.1, -0.05) is 38.5 Å². The van der Waals surface area contributed by atoms with Crippen molar-refractivity contribution in [2.24, 2.45) is 0 Å². The topological polar surface area (TPSA) is 23.5 Å². The lowest BCUT2D eigenvalue weighted by molar-refractivity contribution is 0.251. The molecule has 16 heavy (non-hydrogen) atoms. The zero-order valence-electron chi connectivity index (χ0n) is 10.4. The van der Waals surface area contributed by atoms with Crippen molar-refractivity contribution in [3.05, 3.63) is 30.3 Å². The third kappa shape index (κ3) is 3.53. The molecule has 0 fully saturated rings. The van der Waals surface area contributed by atoms with Crippen LogP contribution < -0.4 is 4.90 Å². The van der Waals surface area contributed by atoms with Crippen molar-refractivity contribution in [2.45, 2.75) is 39.2 Å². The van der Waals surface area contributed by atoms with Gasteiger partial charge in [-0.25, -0.2) is 0 Å². The molecule has 0 heterocycles. The van der Waals surface area contributed by atoms with Crippen LogP contribution in [0.15, 0.2) is 30.3 Å². The fourth-order valence-electron chi connectivity index (χ4n) is 2.06. The molecular weight excluding hydrogens is 198 g/mol. The van der Waals surface area contributed by atoms with Gasteiger partial charge in [0.1, 0.15) is 0 Å². The Balaban J connectivity index is 2.80. The highest BCUT2D eigenvalue weighted by atomic mass is 16.3. The van der Waals surface area contributed by atoms with Gasteiger partial charge in [0.25, 0.3) is 0 Å². The first-order chi connectivity index (χ1) is 7.83. The van der Waals surface area contributed by atoms with E-state index >= 15 is 0 Å². The lowest BCUT2D eigenvalue weighted by atomic mass is 10.1. The van der Waals surface area contributed by atoms with Crippen LogP contribution in [0.5, 0.6) is 0 Å². The molecule has 0 radical (unpaired) electrons. The van der Waals surface area contributed by atoms with Crippen LogP contribution in [0.4, 0.5) is 5.69 Å². The lowest BCUT2D eigenvalue weighted by Gasteiger charge is -2.32. The molecule has 0 amide bonds. The molecule has 2 nitrogen and oxygen atoms in total. The van der Waals surface area contributed by atoms with Crippen molar-refractivity contribution in [3.63, 3.8) is 0 Å². The Hall–Kier alpha value is -1.02. The number of aliphatic hydroxyl groups excluding tert-OH is 1. The van der Waals surface area contributed by atoms with E-state index in [1.54, 1.807) is 0 Å². The summed E-state index contributed by atoms with van der Waals surface area (Å²) >= 11 is 0. The van der Waals surface area contributed by atoms with Crippen LogP contribution in [-0.2, 0) is 0 Å². The number of nitrogens with zero attached hydrogens (tertiary/aromatic N) is 1. The average molecular weight is 221 g/mol. The first-order valence-electron chi connectivity index (χ1n) is 6.26. The molecule has 0 aromatic heterocycles. The first-order valence-corrected chi connectivity index (χ1v) is 6.26. The highest BCUT2D eigenvalue weighted by Crippen LogP contribution is 2.19. The van der Waals surface area contributed by atoms with E-state index in [-0.39, 0.29) is 12.6 Å². The molecule has 0 aliphatic rings. The van der Waals surface area contributed by atoms with Gasteiger partial charge in [-0.15, -0.1) is 0 Å². The quantitative estimate of drug-likeness (QED) is 0.765. The fraction of sp³-hybridized carbons (Fsp3) is 0.571. The van der Waals surface area contributed by atoms with Crippen molar-refractivity contribution in [2.75, 3.05) is 18.1 Å². The van der Waals surface area contributed by atoms with Gasteiger partial charge in [0, 0.05) is 12.2 Å². The van der Waals surface area contributed by atoms with Gasteiger partial charge >= 0.3 is 0 Å². The van der Waals surface area contributed by atoms with E-state index in [1.165, 1.54) is 5.69 Å². The Bertz CT molecular complexity index is 273. The number of aliphatic hydroxyl groups is 1. The molecule has 0 spiro atoms. The molecule has 0 aliphatic carbocycles. The molecule has 0 aliphatic heterocycles. The summed E-state index contributed by atoms with van der Waals surface area (Å²) in [5, 5.41) is 9.47. The molecule has 1 rings (SSSR count). The van der Waals surface area contributed by atoms with Gasteiger partial charge < -0.3 is 10.0 Å². The van der Waals surface area contributed by atoms with E-state index in [4.69, 9.17) is 0 Å². The van der Waals surface area contributed by atoms with Gasteiger partial charge in [0.2, 0.25) is 0 Å². The van der Waals surface area contributed by atoms with Crippen LogP contribution >= 0.6 is 0 Å². The maximum absolute atomic E-state index is 9.47.